The van der Waals surface area contributed by atoms with Gasteiger partial charge in [-0.3, -0.25) is 9.78 Å². The predicted octanol–water partition coefficient (Wildman–Crippen LogP) is 3.65. The number of amides is 1. The average molecular weight is 283 g/mol. The third-order valence-corrected chi connectivity index (χ3v) is 3.51. The Hall–Kier alpha value is -2.39. The van der Waals surface area contributed by atoms with Gasteiger partial charge in [0.25, 0.3) is 5.91 Å². The molecule has 20 heavy (non-hydrogen) atoms. The Labute approximate surface area is 121 Å². The summed E-state index contributed by atoms with van der Waals surface area (Å²) in [5, 5.41) is 2.32. The maximum atomic E-state index is 11.5. The van der Waals surface area contributed by atoms with E-state index in [1.165, 1.54) is 0 Å². The Bertz CT molecular complexity index is 814. The van der Waals surface area contributed by atoms with Crippen LogP contribution in [0, 0.1) is 0 Å². The molecule has 0 atom stereocenters. The molecule has 0 aliphatic heterocycles. The minimum Gasteiger partial charge on any atom is -0.364 e. The van der Waals surface area contributed by atoms with E-state index in [0.717, 1.165) is 21.9 Å². The summed E-state index contributed by atoms with van der Waals surface area (Å²) in [7, 11) is 0. The van der Waals surface area contributed by atoms with Gasteiger partial charge in [-0.25, -0.2) is 0 Å². The molecule has 0 bridgehead atoms. The Morgan fingerprint density at radius 2 is 1.90 bits per heavy atom. The highest BCUT2D eigenvalue weighted by Crippen LogP contribution is 2.30. The minimum atomic E-state index is -0.535. The van der Waals surface area contributed by atoms with Gasteiger partial charge in [0.15, 0.2) is 0 Å². The molecule has 0 saturated carbocycles. The summed E-state index contributed by atoms with van der Waals surface area (Å²) in [5.74, 6) is -0.535. The molecule has 2 N–H and O–H groups in total. The van der Waals surface area contributed by atoms with Crippen molar-refractivity contribution in [2.45, 2.75) is 0 Å². The number of nitrogens with zero attached hydrogens (tertiary/aromatic N) is 1. The van der Waals surface area contributed by atoms with Gasteiger partial charge in [-0.1, -0.05) is 41.9 Å². The van der Waals surface area contributed by atoms with Gasteiger partial charge in [-0.15, -0.1) is 0 Å². The first-order chi connectivity index (χ1) is 9.66. The largest absolute Gasteiger partial charge is 0.364 e. The highest BCUT2D eigenvalue weighted by Gasteiger charge is 2.10. The number of pyridine rings is 1. The van der Waals surface area contributed by atoms with Crippen LogP contribution < -0.4 is 5.73 Å². The quantitative estimate of drug-likeness (QED) is 0.780. The van der Waals surface area contributed by atoms with E-state index >= 15 is 0 Å². The molecule has 4 heteroatoms. The highest BCUT2D eigenvalue weighted by atomic mass is 35.5. The summed E-state index contributed by atoms with van der Waals surface area (Å²) in [6, 6.07) is 15.2. The van der Waals surface area contributed by atoms with Crippen molar-refractivity contribution in [3.05, 3.63) is 65.4 Å². The molecule has 0 fully saturated rings. The van der Waals surface area contributed by atoms with Crippen molar-refractivity contribution in [3.63, 3.8) is 0 Å². The monoisotopic (exact) mass is 282 g/mol. The number of carbonyl (C=O) groups excluding carboxylic acids is 1. The number of aromatic nitrogens is 1. The van der Waals surface area contributed by atoms with Crippen LogP contribution in [0.5, 0.6) is 0 Å². The molecule has 0 radical (unpaired) electrons. The zero-order valence-corrected chi connectivity index (χ0v) is 11.3. The molecule has 2 aromatic carbocycles. The molecule has 0 saturated heterocycles. The Morgan fingerprint density at radius 3 is 2.65 bits per heavy atom. The molecule has 98 valence electrons. The SMILES string of the molecule is NC(=O)c1nccc2ccc(-c3ccccc3Cl)cc12. The number of rotatable bonds is 2. The van der Waals surface area contributed by atoms with Crippen LogP contribution in [0.1, 0.15) is 10.5 Å². The Morgan fingerprint density at radius 1 is 1.10 bits per heavy atom. The normalized spacial score (nSPS) is 10.7. The maximum absolute atomic E-state index is 11.5. The molecular formula is C16H11ClN2O. The van der Waals surface area contributed by atoms with Crippen LogP contribution in [-0.2, 0) is 0 Å². The van der Waals surface area contributed by atoms with Crippen LogP contribution in [0.3, 0.4) is 0 Å². The van der Waals surface area contributed by atoms with Gasteiger partial charge in [0.05, 0.1) is 0 Å². The van der Waals surface area contributed by atoms with E-state index in [2.05, 4.69) is 4.98 Å². The molecule has 3 rings (SSSR count). The number of fused-ring (bicyclic) bond motifs is 1. The zero-order valence-electron chi connectivity index (χ0n) is 10.5. The number of hydrogen-bond acceptors (Lipinski definition) is 2. The summed E-state index contributed by atoms with van der Waals surface area (Å²) >= 11 is 6.21. The van der Waals surface area contributed by atoms with Gasteiger partial charge in [-0.2, -0.15) is 0 Å². The highest BCUT2D eigenvalue weighted by molar-refractivity contribution is 6.33. The topological polar surface area (TPSA) is 56.0 Å². The molecule has 1 heterocycles. The lowest BCUT2D eigenvalue weighted by molar-refractivity contribution is 0.0997. The van der Waals surface area contributed by atoms with Crippen LogP contribution in [0.2, 0.25) is 5.02 Å². The summed E-state index contributed by atoms with van der Waals surface area (Å²) in [4.78, 5) is 15.5. The van der Waals surface area contributed by atoms with Gasteiger partial charge < -0.3 is 5.73 Å². The van der Waals surface area contributed by atoms with Crippen LogP contribution in [0.4, 0.5) is 0 Å². The van der Waals surface area contributed by atoms with Gasteiger partial charge in [0.1, 0.15) is 5.69 Å². The summed E-state index contributed by atoms with van der Waals surface area (Å²) < 4.78 is 0. The fourth-order valence-electron chi connectivity index (χ4n) is 2.23. The van der Waals surface area contributed by atoms with Gasteiger partial charge >= 0.3 is 0 Å². The molecule has 0 aliphatic rings. The van der Waals surface area contributed by atoms with Crippen molar-refractivity contribution in [2.24, 2.45) is 5.73 Å². The second kappa shape index (κ2) is 4.94. The van der Waals surface area contributed by atoms with Crippen molar-refractivity contribution in [3.8, 4) is 11.1 Å². The van der Waals surface area contributed by atoms with Crippen molar-refractivity contribution in [2.75, 3.05) is 0 Å². The van der Waals surface area contributed by atoms with E-state index in [1.54, 1.807) is 6.20 Å². The van der Waals surface area contributed by atoms with Crippen LogP contribution in [0.15, 0.2) is 54.7 Å². The summed E-state index contributed by atoms with van der Waals surface area (Å²) in [6.45, 7) is 0. The van der Waals surface area contributed by atoms with E-state index in [-0.39, 0.29) is 5.69 Å². The maximum Gasteiger partial charge on any atom is 0.267 e. The van der Waals surface area contributed by atoms with Crippen molar-refractivity contribution in [1.29, 1.82) is 0 Å². The van der Waals surface area contributed by atoms with Gasteiger partial charge in [-0.05, 0) is 29.1 Å². The standard InChI is InChI=1S/C16H11ClN2O/c17-14-4-2-1-3-12(14)11-6-5-10-7-8-19-15(16(18)20)13(10)9-11/h1-9H,(H2,18,20). The van der Waals surface area contributed by atoms with Gasteiger partial charge in [0, 0.05) is 22.2 Å². The number of nitrogens with two attached hydrogens (primary N) is 1. The summed E-state index contributed by atoms with van der Waals surface area (Å²) in [6.07, 6.45) is 1.58. The van der Waals surface area contributed by atoms with Crippen LogP contribution in [-0.4, -0.2) is 10.9 Å². The fourth-order valence-corrected chi connectivity index (χ4v) is 2.47. The second-order valence-corrected chi connectivity index (χ2v) is 4.85. The first-order valence-corrected chi connectivity index (χ1v) is 6.48. The lowest BCUT2D eigenvalue weighted by Crippen LogP contribution is -2.13. The van der Waals surface area contributed by atoms with E-state index in [9.17, 15) is 4.79 Å². The number of primary amides is 1. The first-order valence-electron chi connectivity index (χ1n) is 6.10. The third-order valence-electron chi connectivity index (χ3n) is 3.18. The third kappa shape index (κ3) is 2.12. The van der Waals surface area contributed by atoms with Crippen molar-refractivity contribution < 1.29 is 4.79 Å². The summed E-state index contributed by atoms with van der Waals surface area (Å²) in [5.41, 5.74) is 7.49. The zero-order chi connectivity index (χ0) is 14.1. The van der Waals surface area contributed by atoms with Gasteiger partial charge in [0.2, 0.25) is 0 Å². The Balaban J connectivity index is 2.27. The Kier molecular flexibility index (Phi) is 3.12. The molecular weight excluding hydrogens is 272 g/mol. The molecule has 3 nitrogen and oxygen atoms in total. The lowest BCUT2D eigenvalue weighted by Gasteiger charge is -2.07. The first kappa shape index (κ1) is 12.6. The van der Waals surface area contributed by atoms with E-state index in [0.29, 0.717) is 5.02 Å². The average Bonchev–Trinajstić information content (AvgIpc) is 2.46. The predicted molar refractivity (Wildman–Crippen MR) is 80.7 cm³/mol. The van der Waals surface area contributed by atoms with E-state index in [1.807, 2.05) is 48.5 Å². The van der Waals surface area contributed by atoms with E-state index in [4.69, 9.17) is 17.3 Å². The molecule has 1 amide bonds. The molecule has 0 unspecified atom stereocenters. The second-order valence-electron chi connectivity index (χ2n) is 4.44. The van der Waals surface area contributed by atoms with Crippen molar-refractivity contribution in [1.82, 2.24) is 4.98 Å². The number of halogens is 1. The minimum absolute atomic E-state index is 0.274. The number of hydrogen-bond donors (Lipinski definition) is 1. The molecule has 1 aromatic heterocycles. The molecule has 3 aromatic rings. The fraction of sp³-hybridized carbons (Fsp3) is 0. The van der Waals surface area contributed by atoms with E-state index < -0.39 is 5.91 Å². The van der Waals surface area contributed by atoms with Crippen LogP contribution >= 0.6 is 11.6 Å². The van der Waals surface area contributed by atoms with Crippen LogP contribution in [0.25, 0.3) is 21.9 Å². The van der Waals surface area contributed by atoms with Crippen molar-refractivity contribution >= 4 is 28.3 Å². The smallest absolute Gasteiger partial charge is 0.267 e. The lowest BCUT2D eigenvalue weighted by atomic mass is 10.0. The molecule has 0 spiro atoms. The number of benzene rings is 2. The molecule has 0 aliphatic carbocycles. The number of carbonyl (C=O) groups is 1.